The van der Waals surface area contributed by atoms with E-state index in [1.807, 2.05) is 4.72 Å². The van der Waals surface area contributed by atoms with Gasteiger partial charge in [0.15, 0.2) is 0 Å². The summed E-state index contributed by atoms with van der Waals surface area (Å²) in [6.45, 7) is -0.872. The molecule has 0 saturated heterocycles. The topological polar surface area (TPSA) is 127 Å². The monoisotopic (exact) mass is 336 g/mol. The number of hydrogen-bond acceptors (Lipinski definition) is 5. The van der Waals surface area contributed by atoms with Gasteiger partial charge in [-0.05, 0) is 18.2 Å². The molecule has 1 rings (SSSR count). The number of aliphatic hydroxyl groups excluding tert-OH is 1. The van der Waals surface area contributed by atoms with Gasteiger partial charge in [0.1, 0.15) is 17.3 Å². The maximum atomic E-state index is 13.7. The molecular formula is C11H13FN2O5S2. The van der Waals surface area contributed by atoms with E-state index in [1.165, 1.54) is 6.07 Å². The van der Waals surface area contributed by atoms with Crippen molar-refractivity contribution >= 4 is 20.0 Å². The van der Waals surface area contributed by atoms with Crippen molar-refractivity contribution < 1.29 is 26.3 Å². The molecule has 4 N–H and O–H groups in total. The summed E-state index contributed by atoms with van der Waals surface area (Å²) in [5, 5.41) is 13.2. The van der Waals surface area contributed by atoms with Crippen LogP contribution in [0.5, 0.6) is 0 Å². The van der Waals surface area contributed by atoms with E-state index in [0.29, 0.717) is 0 Å². The summed E-state index contributed by atoms with van der Waals surface area (Å²) in [4.78, 5) is -0.633. The van der Waals surface area contributed by atoms with E-state index in [1.54, 1.807) is 0 Å². The molecule has 0 aliphatic rings. The molecule has 0 fully saturated rings. The molecular weight excluding hydrogens is 323 g/mol. The van der Waals surface area contributed by atoms with Crippen molar-refractivity contribution in [2.24, 2.45) is 5.14 Å². The van der Waals surface area contributed by atoms with Crippen molar-refractivity contribution in [1.29, 1.82) is 0 Å². The van der Waals surface area contributed by atoms with Crippen LogP contribution >= 0.6 is 0 Å². The molecule has 7 nitrogen and oxygen atoms in total. The lowest BCUT2D eigenvalue weighted by atomic mass is 10.2. The summed E-state index contributed by atoms with van der Waals surface area (Å²) >= 11 is 0. The first-order valence-corrected chi connectivity index (χ1v) is 8.75. The highest BCUT2D eigenvalue weighted by Gasteiger charge is 2.19. The maximum Gasteiger partial charge on any atom is 0.243 e. The quantitative estimate of drug-likeness (QED) is 0.578. The minimum absolute atomic E-state index is 0.199. The molecule has 116 valence electrons. The third-order valence-electron chi connectivity index (χ3n) is 2.21. The van der Waals surface area contributed by atoms with Gasteiger partial charge in [0.05, 0.1) is 5.75 Å². The number of primary sulfonamides is 1. The Morgan fingerprint density at radius 2 is 1.95 bits per heavy atom. The molecule has 21 heavy (non-hydrogen) atoms. The molecule has 0 heterocycles. The Morgan fingerprint density at radius 3 is 2.48 bits per heavy atom. The lowest BCUT2D eigenvalue weighted by molar-refractivity contribution is 0.350. The molecule has 0 unspecified atom stereocenters. The molecule has 0 bridgehead atoms. The van der Waals surface area contributed by atoms with Crippen molar-refractivity contribution in [1.82, 2.24) is 4.72 Å². The second-order valence-electron chi connectivity index (χ2n) is 3.87. The number of hydrogen-bond donors (Lipinski definition) is 3. The Bertz CT molecular complexity index is 779. The lowest BCUT2D eigenvalue weighted by Gasteiger charge is -2.07. The predicted molar refractivity (Wildman–Crippen MR) is 73.5 cm³/mol. The summed E-state index contributed by atoms with van der Waals surface area (Å²) < 4.78 is 60.7. The third-order valence-corrected chi connectivity index (χ3v) is 4.48. The second kappa shape index (κ2) is 6.97. The van der Waals surface area contributed by atoms with Gasteiger partial charge >= 0.3 is 0 Å². The van der Waals surface area contributed by atoms with Gasteiger partial charge < -0.3 is 5.11 Å². The van der Waals surface area contributed by atoms with E-state index in [2.05, 4.69) is 11.8 Å². The first-order valence-electron chi connectivity index (χ1n) is 5.55. The van der Waals surface area contributed by atoms with Crippen LogP contribution in [0.3, 0.4) is 0 Å². The normalized spacial score (nSPS) is 11.8. The Kier molecular flexibility index (Phi) is 5.82. The zero-order valence-electron chi connectivity index (χ0n) is 10.7. The maximum absolute atomic E-state index is 13.7. The minimum atomic E-state index is -4.19. The van der Waals surface area contributed by atoms with Crippen LogP contribution < -0.4 is 9.86 Å². The van der Waals surface area contributed by atoms with E-state index >= 15 is 0 Å². The fraction of sp³-hybridized carbons (Fsp3) is 0.273. The molecule has 1 aromatic carbocycles. The summed E-state index contributed by atoms with van der Waals surface area (Å²) in [6.07, 6.45) is 0. The fourth-order valence-electron chi connectivity index (χ4n) is 1.33. The van der Waals surface area contributed by atoms with Crippen LogP contribution in [-0.4, -0.2) is 40.8 Å². The molecule has 10 heteroatoms. The third kappa shape index (κ3) is 5.78. The Balaban J connectivity index is 2.94. The first kappa shape index (κ1) is 17.5. The van der Waals surface area contributed by atoms with Crippen LogP contribution in [0.15, 0.2) is 23.1 Å². The number of nitrogens with two attached hydrogens (primary N) is 1. The molecule has 1 aromatic rings. The zero-order valence-corrected chi connectivity index (χ0v) is 12.3. The van der Waals surface area contributed by atoms with Crippen molar-refractivity contribution in [2.75, 3.05) is 18.9 Å². The van der Waals surface area contributed by atoms with Crippen LogP contribution in [0.25, 0.3) is 0 Å². The number of halogens is 1. The number of aliphatic hydroxyl groups is 1. The summed E-state index contributed by atoms with van der Waals surface area (Å²) in [5.41, 5.74) is 0.199. The average molecular weight is 336 g/mol. The number of rotatable bonds is 5. The molecule has 0 aliphatic carbocycles. The Morgan fingerprint density at radius 1 is 1.29 bits per heavy atom. The first-order chi connectivity index (χ1) is 9.65. The van der Waals surface area contributed by atoms with Crippen molar-refractivity contribution in [3.8, 4) is 11.8 Å². The van der Waals surface area contributed by atoms with Gasteiger partial charge in [0.2, 0.25) is 20.0 Å². The summed E-state index contributed by atoms with van der Waals surface area (Å²) in [7, 11) is -8.01. The molecule has 0 aromatic heterocycles. The molecule has 0 aliphatic heterocycles. The van der Waals surface area contributed by atoms with Crippen LogP contribution in [0, 0.1) is 17.7 Å². The summed E-state index contributed by atoms with van der Waals surface area (Å²) in [5.74, 6) is 3.08. The summed E-state index contributed by atoms with van der Waals surface area (Å²) in [6, 6.07) is 3.16. The molecule has 0 atom stereocenters. The van der Waals surface area contributed by atoms with Gasteiger partial charge in [-0.1, -0.05) is 11.8 Å². The molecule has 0 amide bonds. The van der Waals surface area contributed by atoms with Gasteiger partial charge in [0.25, 0.3) is 0 Å². The van der Waals surface area contributed by atoms with E-state index in [-0.39, 0.29) is 5.56 Å². The minimum Gasteiger partial charge on any atom is -0.384 e. The van der Waals surface area contributed by atoms with E-state index < -0.39 is 49.7 Å². The second-order valence-corrected chi connectivity index (χ2v) is 7.34. The number of benzene rings is 1. The molecule has 0 radical (unpaired) electrons. The van der Waals surface area contributed by atoms with E-state index in [4.69, 9.17) is 10.2 Å². The number of nitrogens with one attached hydrogen (secondary N) is 1. The zero-order chi connectivity index (χ0) is 16.1. The van der Waals surface area contributed by atoms with Crippen LogP contribution in [0.4, 0.5) is 4.39 Å². The average Bonchev–Trinajstić information content (AvgIpc) is 2.34. The van der Waals surface area contributed by atoms with Gasteiger partial charge in [-0.25, -0.2) is 31.1 Å². The smallest absolute Gasteiger partial charge is 0.243 e. The van der Waals surface area contributed by atoms with Crippen LogP contribution in [0.1, 0.15) is 5.56 Å². The molecule has 0 spiro atoms. The van der Waals surface area contributed by atoms with Crippen LogP contribution in [0.2, 0.25) is 0 Å². The van der Waals surface area contributed by atoms with Crippen molar-refractivity contribution in [3.05, 3.63) is 29.6 Å². The van der Waals surface area contributed by atoms with Crippen molar-refractivity contribution in [3.63, 3.8) is 0 Å². The van der Waals surface area contributed by atoms with Gasteiger partial charge in [0, 0.05) is 12.1 Å². The molecule has 0 saturated carbocycles. The fourth-order valence-corrected chi connectivity index (χ4v) is 2.94. The standard InChI is InChI=1S/C11H13FN2O5S2/c12-10-8-9(2-1-6-15)3-4-11(10)21(18,19)14-5-7-20(13,16)17/h3-4,8,14-15H,5-7H2,(H2,13,16,17). The predicted octanol–water partition coefficient (Wildman–Crippen LogP) is -1.26. The Hall–Kier alpha value is -1.51. The Labute approximate surface area is 122 Å². The van der Waals surface area contributed by atoms with E-state index in [9.17, 15) is 21.2 Å². The number of sulfonamides is 2. The van der Waals surface area contributed by atoms with E-state index in [0.717, 1.165) is 12.1 Å². The van der Waals surface area contributed by atoms with Gasteiger partial charge in [-0.3, -0.25) is 0 Å². The van der Waals surface area contributed by atoms with Gasteiger partial charge in [-0.15, -0.1) is 0 Å². The largest absolute Gasteiger partial charge is 0.384 e. The highest BCUT2D eigenvalue weighted by atomic mass is 32.2. The lowest BCUT2D eigenvalue weighted by Crippen LogP contribution is -2.32. The van der Waals surface area contributed by atoms with Gasteiger partial charge in [-0.2, -0.15) is 0 Å². The highest BCUT2D eigenvalue weighted by Crippen LogP contribution is 2.15. The van der Waals surface area contributed by atoms with Crippen LogP contribution in [-0.2, 0) is 20.0 Å². The van der Waals surface area contributed by atoms with Crippen molar-refractivity contribution in [2.45, 2.75) is 4.90 Å². The highest BCUT2D eigenvalue weighted by molar-refractivity contribution is 7.90. The SMILES string of the molecule is NS(=O)(=O)CCNS(=O)(=O)c1ccc(C#CCO)cc1F.